The van der Waals surface area contributed by atoms with Crippen LogP contribution in [0.5, 0.6) is 0 Å². The lowest BCUT2D eigenvalue weighted by atomic mass is 10.1. The summed E-state index contributed by atoms with van der Waals surface area (Å²) in [7, 11) is 1.27. The molecule has 1 aromatic carbocycles. The third-order valence-corrected chi connectivity index (χ3v) is 2.68. The van der Waals surface area contributed by atoms with Crippen molar-refractivity contribution in [2.75, 3.05) is 19.0 Å². The van der Waals surface area contributed by atoms with E-state index in [1.165, 1.54) is 19.2 Å². The van der Waals surface area contributed by atoms with E-state index in [-0.39, 0.29) is 23.9 Å². The summed E-state index contributed by atoms with van der Waals surface area (Å²) in [6.07, 6.45) is 0. The van der Waals surface area contributed by atoms with Crippen LogP contribution in [0, 0.1) is 5.92 Å². The first-order valence-electron chi connectivity index (χ1n) is 5.38. The Labute approximate surface area is 110 Å². The van der Waals surface area contributed by atoms with Crippen molar-refractivity contribution < 1.29 is 14.3 Å². The number of nitrogens with one attached hydrogen (secondary N) is 1. The van der Waals surface area contributed by atoms with Crippen molar-refractivity contribution in [3.63, 3.8) is 0 Å². The highest BCUT2D eigenvalue weighted by atomic mass is 35.5. The summed E-state index contributed by atoms with van der Waals surface area (Å²) >= 11 is 5.83. The van der Waals surface area contributed by atoms with Gasteiger partial charge in [-0.15, -0.1) is 0 Å². The van der Waals surface area contributed by atoms with E-state index in [0.29, 0.717) is 10.7 Å². The number of carbonyl (C=O) groups excluding carboxylic acids is 2. The minimum atomic E-state index is -0.539. The third-order valence-electron chi connectivity index (χ3n) is 2.45. The molecule has 0 aliphatic heterocycles. The molecule has 1 unspecified atom stereocenters. The Balaban J connectivity index is 3.03. The van der Waals surface area contributed by atoms with Gasteiger partial charge in [-0.2, -0.15) is 0 Å². The van der Waals surface area contributed by atoms with Crippen LogP contribution in [0.25, 0.3) is 0 Å². The number of ether oxygens (including phenoxy) is 1. The fourth-order valence-electron chi connectivity index (χ4n) is 1.27. The second-order valence-corrected chi connectivity index (χ2v) is 4.24. The van der Waals surface area contributed by atoms with Crippen molar-refractivity contribution in [2.24, 2.45) is 11.7 Å². The highest BCUT2D eigenvalue weighted by Gasteiger charge is 2.17. The summed E-state index contributed by atoms with van der Waals surface area (Å²) in [5.74, 6) is -1.17. The molecule has 0 radical (unpaired) electrons. The number of rotatable bonds is 4. The Morgan fingerprint density at radius 1 is 1.50 bits per heavy atom. The van der Waals surface area contributed by atoms with Gasteiger partial charge in [0.1, 0.15) is 0 Å². The predicted molar refractivity (Wildman–Crippen MR) is 69.6 cm³/mol. The van der Waals surface area contributed by atoms with E-state index in [9.17, 15) is 9.59 Å². The molecular weight excluding hydrogens is 256 g/mol. The molecule has 0 fully saturated rings. The van der Waals surface area contributed by atoms with Gasteiger partial charge in [0.25, 0.3) is 0 Å². The summed E-state index contributed by atoms with van der Waals surface area (Å²) < 4.78 is 4.63. The van der Waals surface area contributed by atoms with Crippen molar-refractivity contribution in [2.45, 2.75) is 6.92 Å². The van der Waals surface area contributed by atoms with E-state index in [2.05, 4.69) is 10.1 Å². The number of nitrogens with two attached hydrogens (primary N) is 1. The highest BCUT2D eigenvalue weighted by Crippen LogP contribution is 2.22. The molecule has 0 aliphatic carbocycles. The van der Waals surface area contributed by atoms with E-state index >= 15 is 0 Å². The van der Waals surface area contributed by atoms with Crippen LogP contribution >= 0.6 is 11.6 Å². The normalized spacial score (nSPS) is 11.8. The summed E-state index contributed by atoms with van der Waals surface area (Å²) in [5, 5.41) is 3.03. The van der Waals surface area contributed by atoms with Crippen LogP contribution in [0.3, 0.4) is 0 Å². The maximum absolute atomic E-state index is 11.7. The van der Waals surface area contributed by atoms with Crippen molar-refractivity contribution in [3.8, 4) is 0 Å². The van der Waals surface area contributed by atoms with Crippen molar-refractivity contribution >= 4 is 29.2 Å². The van der Waals surface area contributed by atoms with E-state index < -0.39 is 5.97 Å². The van der Waals surface area contributed by atoms with Crippen molar-refractivity contribution in [1.29, 1.82) is 0 Å². The zero-order valence-electron chi connectivity index (χ0n) is 10.2. The number of halogens is 1. The smallest absolute Gasteiger partial charge is 0.339 e. The van der Waals surface area contributed by atoms with Crippen LogP contribution in [0.2, 0.25) is 5.02 Å². The number of benzene rings is 1. The van der Waals surface area contributed by atoms with Crippen LogP contribution in [-0.4, -0.2) is 25.5 Å². The Morgan fingerprint density at radius 3 is 2.72 bits per heavy atom. The zero-order valence-corrected chi connectivity index (χ0v) is 11.0. The first kappa shape index (κ1) is 14.5. The molecule has 0 heterocycles. The van der Waals surface area contributed by atoms with Gasteiger partial charge in [-0.3, -0.25) is 4.79 Å². The summed E-state index contributed by atoms with van der Waals surface area (Å²) in [6.45, 7) is 1.91. The molecule has 98 valence electrons. The van der Waals surface area contributed by atoms with Crippen LogP contribution in [0.15, 0.2) is 18.2 Å². The molecule has 0 bridgehead atoms. The second kappa shape index (κ2) is 6.37. The van der Waals surface area contributed by atoms with Crippen LogP contribution in [0.4, 0.5) is 5.69 Å². The molecule has 18 heavy (non-hydrogen) atoms. The number of carbonyl (C=O) groups is 2. The number of methoxy groups -OCH3 is 1. The van der Waals surface area contributed by atoms with Crippen LogP contribution in [0.1, 0.15) is 17.3 Å². The average molecular weight is 271 g/mol. The quantitative estimate of drug-likeness (QED) is 0.816. The van der Waals surface area contributed by atoms with Gasteiger partial charge in [0.05, 0.1) is 18.4 Å². The maximum Gasteiger partial charge on any atom is 0.339 e. The molecule has 0 saturated carbocycles. The standard InChI is InChI=1S/C12H15ClN2O3/c1-7(6-14)11(16)15-10-5-8(13)3-4-9(10)12(17)18-2/h3-5,7H,6,14H2,1-2H3,(H,15,16). The highest BCUT2D eigenvalue weighted by molar-refractivity contribution is 6.31. The zero-order chi connectivity index (χ0) is 13.7. The van der Waals surface area contributed by atoms with Crippen LogP contribution in [-0.2, 0) is 9.53 Å². The lowest BCUT2D eigenvalue weighted by Gasteiger charge is -2.13. The minimum Gasteiger partial charge on any atom is -0.465 e. The number of hydrogen-bond donors (Lipinski definition) is 2. The van der Waals surface area contributed by atoms with Crippen molar-refractivity contribution in [1.82, 2.24) is 0 Å². The SMILES string of the molecule is COC(=O)c1ccc(Cl)cc1NC(=O)C(C)CN. The van der Waals surface area contributed by atoms with Gasteiger partial charge in [0, 0.05) is 17.5 Å². The summed E-state index contributed by atoms with van der Waals surface area (Å²) in [4.78, 5) is 23.3. The van der Waals surface area contributed by atoms with Gasteiger partial charge >= 0.3 is 5.97 Å². The third kappa shape index (κ3) is 3.45. The van der Waals surface area contributed by atoms with E-state index in [4.69, 9.17) is 17.3 Å². The molecule has 1 rings (SSSR count). The Morgan fingerprint density at radius 2 is 2.17 bits per heavy atom. The largest absolute Gasteiger partial charge is 0.465 e. The van der Waals surface area contributed by atoms with Gasteiger partial charge in [0.2, 0.25) is 5.91 Å². The number of esters is 1. The van der Waals surface area contributed by atoms with Crippen LogP contribution < -0.4 is 11.1 Å². The molecule has 0 spiro atoms. The average Bonchev–Trinajstić information content (AvgIpc) is 2.37. The van der Waals surface area contributed by atoms with Gasteiger partial charge in [-0.05, 0) is 18.2 Å². The van der Waals surface area contributed by atoms with Gasteiger partial charge < -0.3 is 15.8 Å². The topological polar surface area (TPSA) is 81.4 Å². The molecular formula is C12H15ClN2O3. The Bertz CT molecular complexity index is 463. The Hall–Kier alpha value is -1.59. The lowest BCUT2D eigenvalue weighted by molar-refractivity contribution is -0.119. The molecule has 5 nitrogen and oxygen atoms in total. The molecule has 1 aromatic rings. The van der Waals surface area contributed by atoms with Gasteiger partial charge in [-0.25, -0.2) is 4.79 Å². The first-order chi connectivity index (χ1) is 8.49. The number of hydrogen-bond acceptors (Lipinski definition) is 4. The molecule has 0 aromatic heterocycles. The lowest BCUT2D eigenvalue weighted by Crippen LogP contribution is -2.27. The van der Waals surface area contributed by atoms with Crippen molar-refractivity contribution in [3.05, 3.63) is 28.8 Å². The molecule has 6 heteroatoms. The molecule has 1 atom stereocenters. The molecule has 3 N–H and O–H groups in total. The number of amides is 1. The summed E-state index contributed by atoms with van der Waals surface area (Å²) in [6, 6.07) is 4.54. The Kier molecular flexibility index (Phi) is 5.12. The fraction of sp³-hybridized carbons (Fsp3) is 0.333. The predicted octanol–water partition coefficient (Wildman–Crippen LogP) is 1.66. The van der Waals surface area contributed by atoms with E-state index in [0.717, 1.165) is 0 Å². The molecule has 0 saturated heterocycles. The minimum absolute atomic E-state index is 0.222. The maximum atomic E-state index is 11.7. The van der Waals surface area contributed by atoms with E-state index in [1.807, 2.05) is 0 Å². The molecule has 0 aliphatic rings. The monoisotopic (exact) mass is 270 g/mol. The molecule has 1 amide bonds. The first-order valence-corrected chi connectivity index (χ1v) is 5.76. The second-order valence-electron chi connectivity index (χ2n) is 3.81. The van der Waals surface area contributed by atoms with E-state index in [1.54, 1.807) is 13.0 Å². The number of anilines is 1. The van der Waals surface area contributed by atoms with Gasteiger partial charge in [-0.1, -0.05) is 18.5 Å². The summed E-state index contributed by atoms with van der Waals surface area (Å²) in [5.41, 5.74) is 5.97. The fourth-order valence-corrected chi connectivity index (χ4v) is 1.44. The van der Waals surface area contributed by atoms with Gasteiger partial charge in [0.15, 0.2) is 0 Å².